The number of hydrogen-bond donors (Lipinski definition) is 0. The minimum atomic E-state index is 1.03. The Kier molecular flexibility index (Phi) is 3.44. The van der Waals surface area contributed by atoms with Crippen molar-refractivity contribution in [1.29, 1.82) is 0 Å². The van der Waals surface area contributed by atoms with E-state index in [1.165, 1.54) is 26.3 Å². The van der Waals surface area contributed by atoms with Crippen molar-refractivity contribution >= 4 is 53.7 Å². The first-order chi connectivity index (χ1) is 8.83. The topological polar surface area (TPSA) is 4.93 Å². The molecule has 0 saturated heterocycles. The van der Waals surface area contributed by atoms with Gasteiger partial charge in [-0.25, -0.2) is 0 Å². The van der Waals surface area contributed by atoms with Crippen LogP contribution in [0.5, 0.6) is 0 Å². The Morgan fingerprint density at radius 3 is 2.56 bits per heavy atom. The second-order valence-electron chi connectivity index (χ2n) is 4.35. The van der Waals surface area contributed by atoms with Gasteiger partial charge in [0.05, 0.1) is 5.52 Å². The van der Waals surface area contributed by atoms with E-state index in [2.05, 4.69) is 78.9 Å². The molecule has 0 aliphatic heterocycles. The fourth-order valence-electron chi connectivity index (χ4n) is 2.51. The van der Waals surface area contributed by atoms with E-state index in [-0.39, 0.29) is 0 Å². The fourth-order valence-corrected chi connectivity index (χ4v) is 3.35. The molecule has 0 atom stereocenters. The van der Waals surface area contributed by atoms with Crippen molar-refractivity contribution in [2.75, 3.05) is 5.33 Å². The second-order valence-corrected chi connectivity index (χ2v) is 5.99. The summed E-state index contributed by atoms with van der Waals surface area (Å²) < 4.78 is 3.58. The van der Waals surface area contributed by atoms with Gasteiger partial charge in [0.1, 0.15) is 0 Å². The highest BCUT2D eigenvalue weighted by molar-refractivity contribution is 9.10. The number of fused-ring (bicyclic) bond motifs is 3. The molecule has 0 N–H and O–H groups in total. The van der Waals surface area contributed by atoms with Gasteiger partial charge in [0.25, 0.3) is 0 Å². The lowest BCUT2D eigenvalue weighted by Crippen LogP contribution is -1.98. The maximum Gasteiger partial charge on any atom is 0.0635 e. The van der Waals surface area contributed by atoms with E-state index in [9.17, 15) is 0 Å². The van der Waals surface area contributed by atoms with Crippen LogP contribution >= 0.6 is 31.9 Å². The van der Waals surface area contributed by atoms with Crippen LogP contribution in [0, 0.1) is 0 Å². The van der Waals surface area contributed by atoms with E-state index in [0.29, 0.717) is 0 Å². The molecule has 0 aliphatic carbocycles. The zero-order chi connectivity index (χ0) is 12.5. The Balaban J connectivity index is 2.39. The average molecular weight is 367 g/mol. The Morgan fingerprint density at radius 2 is 1.72 bits per heavy atom. The largest absolute Gasteiger partial charge is 0.340 e. The van der Waals surface area contributed by atoms with Gasteiger partial charge in [0, 0.05) is 32.6 Å². The van der Waals surface area contributed by atoms with Gasteiger partial charge in [0.15, 0.2) is 0 Å². The normalized spacial score (nSPS) is 11.4. The van der Waals surface area contributed by atoms with Crippen LogP contribution in [0.25, 0.3) is 21.8 Å². The molecule has 3 rings (SSSR count). The highest BCUT2D eigenvalue weighted by Gasteiger charge is 2.11. The number of nitrogens with zero attached hydrogens (tertiary/aromatic N) is 1. The SMILES string of the molecule is BrCCCn1c2ccccc2c2cccc(Br)c21. The van der Waals surface area contributed by atoms with Gasteiger partial charge in [-0.15, -0.1) is 0 Å². The maximum atomic E-state index is 3.69. The molecule has 0 radical (unpaired) electrons. The molecule has 1 aromatic heterocycles. The van der Waals surface area contributed by atoms with E-state index >= 15 is 0 Å². The summed E-state index contributed by atoms with van der Waals surface area (Å²) in [6.45, 7) is 1.04. The molecular formula is C15H13Br2N. The summed E-state index contributed by atoms with van der Waals surface area (Å²) in [5.74, 6) is 0. The standard InChI is InChI=1S/C15H13Br2N/c16-9-4-10-18-14-8-2-1-5-11(14)12-6-3-7-13(17)15(12)18/h1-3,5-8H,4,9-10H2. The molecule has 1 nitrogen and oxygen atoms in total. The molecule has 0 aliphatic rings. The van der Waals surface area contributed by atoms with Crippen molar-refractivity contribution < 1.29 is 0 Å². The molecule has 2 aromatic carbocycles. The van der Waals surface area contributed by atoms with E-state index < -0.39 is 0 Å². The lowest BCUT2D eigenvalue weighted by Gasteiger charge is -2.07. The van der Waals surface area contributed by atoms with Crippen LogP contribution in [-0.2, 0) is 6.54 Å². The summed E-state index contributed by atoms with van der Waals surface area (Å²) in [6.07, 6.45) is 1.13. The van der Waals surface area contributed by atoms with Crippen LogP contribution in [-0.4, -0.2) is 9.90 Å². The fraction of sp³-hybridized carbons (Fsp3) is 0.200. The number of rotatable bonds is 3. The number of hydrogen-bond acceptors (Lipinski definition) is 0. The van der Waals surface area contributed by atoms with Crippen LogP contribution in [0.3, 0.4) is 0 Å². The van der Waals surface area contributed by atoms with Gasteiger partial charge in [-0.1, -0.05) is 46.3 Å². The van der Waals surface area contributed by atoms with Crippen molar-refractivity contribution in [3.05, 3.63) is 46.9 Å². The van der Waals surface area contributed by atoms with Gasteiger partial charge in [-0.05, 0) is 34.5 Å². The number of alkyl halides is 1. The lowest BCUT2D eigenvalue weighted by molar-refractivity contribution is 0.731. The summed E-state index contributed by atoms with van der Waals surface area (Å²) in [7, 11) is 0. The highest BCUT2D eigenvalue weighted by atomic mass is 79.9. The van der Waals surface area contributed by atoms with E-state index in [1.807, 2.05) is 0 Å². The van der Waals surface area contributed by atoms with Crippen LogP contribution in [0.4, 0.5) is 0 Å². The first kappa shape index (κ1) is 12.2. The molecule has 0 unspecified atom stereocenters. The zero-order valence-electron chi connectivity index (χ0n) is 9.87. The zero-order valence-corrected chi connectivity index (χ0v) is 13.0. The van der Waals surface area contributed by atoms with Crippen molar-refractivity contribution in [3.63, 3.8) is 0 Å². The summed E-state index contributed by atoms with van der Waals surface area (Å²) >= 11 is 7.20. The molecule has 0 bridgehead atoms. The molecule has 0 fully saturated rings. The minimum absolute atomic E-state index is 1.03. The Bertz CT molecular complexity index is 700. The molecule has 1 heterocycles. The summed E-state index contributed by atoms with van der Waals surface area (Å²) in [6, 6.07) is 15.1. The van der Waals surface area contributed by atoms with Crippen LogP contribution < -0.4 is 0 Å². The molecular weight excluding hydrogens is 354 g/mol. The van der Waals surface area contributed by atoms with Crippen molar-refractivity contribution in [2.45, 2.75) is 13.0 Å². The summed E-state index contributed by atoms with van der Waals surface area (Å²) in [5.41, 5.74) is 2.62. The first-order valence-electron chi connectivity index (χ1n) is 6.04. The molecule has 0 saturated carbocycles. The first-order valence-corrected chi connectivity index (χ1v) is 7.96. The third-order valence-corrected chi connectivity index (χ3v) is 4.46. The summed E-state index contributed by atoms with van der Waals surface area (Å²) in [4.78, 5) is 0. The smallest absolute Gasteiger partial charge is 0.0635 e. The van der Waals surface area contributed by atoms with E-state index in [4.69, 9.17) is 0 Å². The van der Waals surface area contributed by atoms with E-state index in [1.54, 1.807) is 0 Å². The average Bonchev–Trinajstić information content (AvgIpc) is 2.72. The molecule has 0 amide bonds. The predicted octanol–water partition coefficient (Wildman–Crippen LogP) is 5.34. The van der Waals surface area contributed by atoms with Crippen molar-refractivity contribution in [2.24, 2.45) is 0 Å². The van der Waals surface area contributed by atoms with Gasteiger partial charge >= 0.3 is 0 Å². The Morgan fingerprint density at radius 1 is 0.944 bits per heavy atom. The molecule has 18 heavy (non-hydrogen) atoms. The monoisotopic (exact) mass is 365 g/mol. The number of halogens is 2. The Hall–Kier alpha value is -0.800. The minimum Gasteiger partial charge on any atom is -0.340 e. The van der Waals surface area contributed by atoms with E-state index in [0.717, 1.165) is 18.3 Å². The Labute approximate surface area is 123 Å². The van der Waals surface area contributed by atoms with Gasteiger partial charge < -0.3 is 4.57 Å². The van der Waals surface area contributed by atoms with Crippen LogP contribution in [0.15, 0.2) is 46.9 Å². The predicted molar refractivity (Wildman–Crippen MR) is 85.6 cm³/mol. The van der Waals surface area contributed by atoms with Crippen molar-refractivity contribution in [3.8, 4) is 0 Å². The number of para-hydroxylation sites is 2. The lowest BCUT2D eigenvalue weighted by atomic mass is 10.2. The molecule has 92 valence electrons. The van der Waals surface area contributed by atoms with Crippen LogP contribution in [0.2, 0.25) is 0 Å². The number of benzene rings is 2. The maximum absolute atomic E-state index is 3.69. The van der Waals surface area contributed by atoms with Gasteiger partial charge in [0.2, 0.25) is 0 Å². The van der Waals surface area contributed by atoms with Gasteiger partial charge in [-0.2, -0.15) is 0 Å². The third kappa shape index (κ3) is 1.90. The highest BCUT2D eigenvalue weighted by Crippen LogP contribution is 2.33. The molecule has 0 spiro atoms. The van der Waals surface area contributed by atoms with Crippen molar-refractivity contribution in [1.82, 2.24) is 4.57 Å². The second kappa shape index (κ2) is 5.06. The van der Waals surface area contributed by atoms with Gasteiger partial charge in [-0.3, -0.25) is 0 Å². The third-order valence-electron chi connectivity index (χ3n) is 3.26. The molecule has 3 heteroatoms. The number of aryl methyl sites for hydroxylation is 1. The molecule has 3 aromatic rings. The summed E-state index contributed by atoms with van der Waals surface area (Å²) in [5, 5.41) is 3.70. The quantitative estimate of drug-likeness (QED) is 0.551. The number of aromatic nitrogens is 1. The van der Waals surface area contributed by atoms with Crippen LogP contribution in [0.1, 0.15) is 6.42 Å².